The van der Waals surface area contributed by atoms with Gasteiger partial charge in [-0.25, -0.2) is 4.98 Å². The van der Waals surface area contributed by atoms with E-state index >= 15 is 0 Å². The first-order valence-electron chi connectivity index (χ1n) is 8.91. The van der Waals surface area contributed by atoms with E-state index in [0.717, 1.165) is 29.8 Å². The number of pyridine rings is 1. The van der Waals surface area contributed by atoms with Gasteiger partial charge in [-0.2, -0.15) is 0 Å². The van der Waals surface area contributed by atoms with Gasteiger partial charge in [0, 0.05) is 47.4 Å². The summed E-state index contributed by atoms with van der Waals surface area (Å²) in [5.74, 6) is 0.653. The number of likely N-dealkylation sites (tertiary alicyclic amines) is 1. The smallest absolute Gasteiger partial charge is 0.139 e. The molecule has 3 aromatic rings. The molecule has 1 unspecified atom stereocenters. The Hall–Kier alpha value is -1.65. The number of nitrogens with zero attached hydrogens (tertiary/aromatic N) is 3. The van der Waals surface area contributed by atoms with Crippen LogP contribution >= 0.6 is 15.9 Å². The maximum atomic E-state index is 4.61. The van der Waals surface area contributed by atoms with Crippen molar-refractivity contribution in [1.82, 2.24) is 14.5 Å². The minimum atomic E-state index is 0.236. The van der Waals surface area contributed by atoms with Crippen molar-refractivity contribution in [3.8, 4) is 0 Å². The van der Waals surface area contributed by atoms with Crippen molar-refractivity contribution in [2.24, 2.45) is 5.92 Å². The van der Waals surface area contributed by atoms with E-state index in [1.165, 1.54) is 17.4 Å². The number of hydrogen-bond acceptors (Lipinski definition) is 2. The van der Waals surface area contributed by atoms with Crippen molar-refractivity contribution in [3.05, 3.63) is 64.9 Å². The summed E-state index contributed by atoms with van der Waals surface area (Å²) < 4.78 is 3.35. The largest absolute Gasteiger partial charge is 0.332 e. The fourth-order valence-electron chi connectivity index (χ4n) is 4.14. The average Bonchev–Trinajstić information content (AvgIpc) is 3.09. The maximum Gasteiger partial charge on any atom is 0.139 e. The van der Waals surface area contributed by atoms with Crippen molar-refractivity contribution in [2.45, 2.75) is 38.9 Å². The van der Waals surface area contributed by atoms with Crippen molar-refractivity contribution < 1.29 is 0 Å². The fraction of sp³-hybridized carbons (Fsp3) is 0.381. The molecule has 0 radical (unpaired) electrons. The van der Waals surface area contributed by atoms with E-state index in [9.17, 15) is 0 Å². The van der Waals surface area contributed by atoms with Crippen molar-refractivity contribution in [1.29, 1.82) is 0 Å². The lowest BCUT2D eigenvalue weighted by molar-refractivity contribution is 0.166. The Balaban J connectivity index is 1.50. The summed E-state index contributed by atoms with van der Waals surface area (Å²) in [6.07, 6.45) is 5.28. The van der Waals surface area contributed by atoms with Crippen LogP contribution in [0, 0.1) is 5.92 Å². The van der Waals surface area contributed by atoms with Gasteiger partial charge >= 0.3 is 0 Å². The highest BCUT2D eigenvalue weighted by atomic mass is 79.9. The second kappa shape index (κ2) is 6.58. The molecular formula is C21H24BrN3. The molecule has 0 amide bonds. The number of hydrogen-bond donors (Lipinski definition) is 0. The third kappa shape index (κ3) is 3.51. The lowest BCUT2D eigenvalue weighted by Crippen LogP contribution is -2.37. The van der Waals surface area contributed by atoms with Gasteiger partial charge < -0.3 is 4.57 Å². The Morgan fingerprint density at radius 3 is 2.80 bits per heavy atom. The lowest BCUT2D eigenvalue weighted by atomic mass is 9.96. The molecule has 2 aromatic heterocycles. The molecule has 1 fully saturated rings. The molecular weight excluding hydrogens is 374 g/mol. The standard InChI is InChI=1S/C21H24BrN3/c1-21(2)11-17(15-25(21)14-16-6-4-3-5-7-16)13-24-9-8-18-10-19(22)12-23-20(18)24/h3-10,12,17H,11,13-15H2,1-2H3. The molecule has 130 valence electrons. The van der Waals surface area contributed by atoms with Gasteiger partial charge in [-0.05, 0) is 59.8 Å². The van der Waals surface area contributed by atoms with Crippen molar-refractivity contribution >= 4 is 27.0 Å². The van der Waals surface area contributed by atoms with Crippen LogP contribution in [0.2, 0.25) is 0 Å². The Morgan fingerprint density at radius 2 is 2.00 bits per heavy atom. The topological polar surface area (TPSA) is 21.1 Å². The Bertz CT molecular complexity index is 869. The molecule has 0 spiro atoms. The first-order chi connectivity index (χ1) is 12.0. The number of halogens is 1. The summed E-state index contributed by atoms with van der Waals surface area (Å²) in [6.45, 7) is 7.95. The first kappa shape index (κ1) is 16.8. The molecule has 1 atom stereocenters. The Kier molecular flexibility index (Phi) is 4.42. The van der Waals surface area contributed by atoms with Crippen LogP contribution in [0.5, 0.6) is 0 Å². The van der Waals surface area contributed by atoms with Gasteiger partial charge in [-0.15, -0.1) is 0 Å². The number of rotatable bonds is 4. The summed E-state index contributed by atoms with van der Waals surface area (Å²) in [5, 5.41) is 1.20. The third-order valence-electron chi connectivity index (χ3n) is 5.36. The molecule has 1 saturated heterocycles. The normalized spacial score (nSPS) is 20.4. The zero-order valence-corrected chi connectivity index (χ0v) is 16.4. The predicted molar refractivity (Wildman–Crippen MR) is 106 cm³/mol. The molecule has 0 bridgehead atoms. The molecule has 0 saturated carbocycles. The van der Waals surface area contributed by atoms with Crippen molar-refractivity contribution in [3.63, 3.8) is 0 Å². The number of benzene rings is 1. The van der Waals surface area contributed by atoms with Crippen LogP contribution in [0.1, 0.15) is 25.8 Å². The predicted octanol–water partition coefficient (Wildman–Crippen LogP) is 5.10. The number of fused-ring (bicyclic) bond motifs is 1. The van der Waals surface area contributed by atoms with E-state index in [1.807, 2.05) is 6.20 Å². The zero-order chi connectivity index (χ0) is 17.4. The van der Waals surface area contributed by atoms with Crippen LogP contribution in [0.4, 0.5) is 0 Å². The van der Waals surface area contributed by atoms with Gasteiger partial charge in [-0.1, -0.05) is 30.3 Å². The molecule has 4 heteroatoms. The van der Waals surface area contributed by atoms with Gasteiger partial charge in [0.2, 0.25) is 0 Å². The lowest BCUT2D eigenvalue weighted by Gasteiger charge is -2.31. The van der Waals surface area contributed by atoms with Gasteiger partial charge in [0.25, 0.3) is 0 Å². The first-order valence-corrected chi connectivity index (χ1v) is 9.70. The molecule has 1 aliphatic rings. The van der Waals surface area contributed by atoms with Crippen LogP contribution in [-0.4, -0.2) is 26.5 Å². The second-order valence-electron chi connectivity index (χ2n) is 7.78. The van der Waals surface area contributed by atoms with E-state index in [-0.39, 0.29) is 5.54 Å². The van der Waals surface area contributed by atoms with E-state index in [2.05, 4.69) is 92.9 Å². The van der Waals surface area contributed by atoms with Crippen LogP contribution < -0.4 is 0 Å². The van der Waals surface area contributed by atoms with Crippen LogP contribution in [0.15, 0.2) is 59.3 Å². The monoisotopic (exact) mass is 397 g/mol. The van der Waals surface area contributed by atoms with E-state index in [0.29, 0.717) is 5.92 Å². The summed E-state index contributed by atoms with van der Waals surface area (Å²) in [4.78, 5) is 7.24. The van der Waals surface area contributed by atoms with Gasteiger partial charge in [0.15, 0.2) is 0 Å². The Morgan fingerprint density at radius 1 is 1.20 bits per heavy atom. The minimum Gasteiger partial charge on any atom is -0.332 e. The van der Waals surface area contributed by atoms with E-state index in [4.69, 9.17) is 0 Å². The van der Waals surface area contributed by atoms with Gasteiger partial charge in [-0.3, -0.25) is 4.90 Å². The fourth-order valence-corrected chi connectivity index (χ4v) is 4.49. The molecule has 1 aromatic carbocycles. The highest BCUT2D eigenvalue weighted by Crippen LogP contribution is 2.35. The van der Waals surface area contributed by atoms with E-state index < -0.39 is 0 Å². The zero-order valence-electron chi connectivity index (χ0n) is 14.8. The highest BCUT2D eigenvalue weighted by Gasteiger charge is 2.38. The quantitative estimate of drug-likeness (QED) is 0.610. The van der Waals surface area contributed by atoms with Crippen LogP contribution in [0.3, 0.4) is 0 Å². The third-order valence-corrected chi connectivity index (χ3v) is 5.80. The molecule has 3 nitrogen and oxygen atoms in total. The summed E-state index contributed by atoms with van der Waals surface area (Å²) >= 11 is 3.51. The van der Waals surface area contributed by atoms with Crippen LogP contribution in [-0.2, 0) is 13.1 Å². The van der Waals surface area contributed by atoms with Gasteiger partial charge in [0.1, 0.15) is 5.65 Å². The maximum absolute atomic E-state index is 4.61. The van der Waals surface area contributed by atoms with E-state index in [1.54, 1.807) is 0 Å². The molecule has 1 aliphatic heterocycles. The van der Waals surface area contributed by atoms with Crippen molar-refractivity contribution in [2.75, 3.05) is 6.54 Å². The molecule has 3 heterocycles. The average molecular weight is 398 g/mol. The molecule has 25 heavy (non-hydrogen) atoms. The molecule has 0 N–H and O–H groups in total. The Labute approximate surface area is 157 Å². The summed E-state index contributed by atoms with van der Waals surface area (Å²) in [6, 6.07) is 15.1. The van der Waals surface area contributed by atoms with Gasteiger partial charge in [0.05, 0.1) is 0 Å². The SMILES string of the molecule is CC1(C)CC(Cn2ccc3cc(Br)cnc32)CN1Cc1ccccc1. The summed E-state index contributed by atoms with van der Waals surface area (Å²) in [7, 11) is 0. The number of aromatic nitrogens is 2. The second-order valence-corrected chi connectivity index (χ2v) is 8.70. The minimum absolute atomic E-state index is 0.236. The van der Waals surface area contributed by atoms with Crippen LogP contribution in [0.25, 0.3) is 11.0 Å². The summed E-state index contributed by atoms with van der Waals surface area (Å²) in [5.41, 5.74) is 2.72. The highest BCUT2D eigenvalue weighted by molar-refractivity contribution is 9.10. The molecule has 0 aliphatic carbocycles. The molecule has 4 rings (SSSR count).